The monoisotopic (exact) mass is 309 g/mol. The van der Waals surface area contributed by atoms with E-state index in [1.54, 1.807) is 0 Å². The van der Waals surface area contributed by atoms with Crippen LogP contribution in [0.1, 0.15) is 51.0 Å². The third-order valence-electron chi connectivity index (χ3n) is 4.14. The summed E-state index contributed by atoms with van der Waals surface area (Å²) in [7, 11) is 0. The fourth-order valence-electron chi connectivity index (χ4n) is 2.78. The van der Waals surface area contributed by atoms with Gasteiger partial charge in [-0.25, -0.2) is 0 Å². The van der Waals surface area contributed by atoms with E-state index in [1.807, 2.05) is 9.47 Å². The number of aromatic nitrogens is 3. The molecule has 116 valence electrons. The van der Waals surface area contributed by atoms with Crippen molar-refractivity contribution in [1.82, 2.24) is 19.7 Å². The van der Waals surface area contributed by atoms with Gasteiger partial charge in [-0.1, -0.05) is 31.0 Å². The SMILES string of the molecule is Nc1nnc(SCC(=O)N2CCCCCCC2)n1C1CC1. The Hall–Kier alpha value is -1.24. The molecule has 0 aromatic carbocycles. The molecule has 1 aliphatic heterocycles. The van der Waals surface area contributed by atoms with Crippen molar-refractivity contribution in [3.8, 4) is 0 Å². The van der Waals surface area contributed by atoms with Crippen LogP contribution in [0, 0.1) is 0 Å². The molecular weight excluding hydrogens is 286 g/mol. The number of nitrogens with two attached hydrogens (primary N) is 1. The zero-order valence-electron chi connectivity index (χ0n) is 12.3. The van der Waals surface area contributed by atoms with Gasteiger partial charge in [-0.3, -0.25) is 9.36 Å². The van der Waals surface area contributed by atoms with Gasteiger partial charge in [0.2, 0.25) is 11.9 Å². The summed E-state index contributed by atoms with van der Waals surface area (Å²) >= 11 is 1.47. The number of thioether (sulfide) groups is 1. The van der Waals surface area contributed by atoms with Crippen LogP contribution in [0.3, 0.4) is 0 Å². The first kappa shape index (κ1) is 14.7. The minimum Gasteiger partial charge on any atom is -0.368 e. The highest BCUT2D eigenvalue weighted by molar-refractivity contribution is 7.99. The zero-order valence-corrected chi connectivity index (χ0v) is 13.1. The molecule has 0 atom stereocenters. The Kier molecular flexibility index (Phi) is 4.67. The van der Waals surface area contributed by atoms with Crippen LogP contribution in [0.5, 0.6) is 0 Å². The lowest BCUT2D eigenvalue weighted by Gasteiger charge is -2.24. The van der Waals surface area contributed by atoms with Gasteiger partial charge in [0.15, 0.2) is 5.16 Å². The topological polar surface area (TPSA) is 77.0 Å². The van der Waals surface area contributed by atoms with Gasteiger partial charge < -0.3 is 10.6 Å². The van der Waals surface area contributed by atoms with E-state index in [4.69, 9.17) is 5.73 Å². The molecule has 1 aromatic heterocycles. The van der Waals surface area contributed by atoms with E-state index in [9.17, 15) is 4.79 Å². The second kappa shape index (κ2) is 6.68. The third kappa shape index (κ3) is 3.70. The zero-order chi connectivity index (χ0) is 14.7. The van der Waals surface area contributed by atoms with E-state index >= 15 is 0 Å². The Morgan fingerprint density at radius 1 is 1.14 bits per heavy atom. The molecule has 7 heteroatoms. The molecule has 6 nitrogen and oxygen atoms in total. The molecule has 3 rings (SSSR count). The van der Waals surface area contributed by atoms with Gasteiger partial charge in [0.1, 0.15) is 0 Å². The number of anilines is 1. The molecule has 1 aliphatic carbocycles. The molecule has 1 saturated carbocycles. The van der Waals surface area contributed by atoms with Gasteiger partial charge >= 0.3 is 0 Å². The largest absolute Gasteiger partial charge is 0.368 e. The van der Waals surface area contributed by atoms with Crippen molar-refractivity contribution in [2.24, 2.45) is 0 Å². The molecule has 0 radical (unpaired) electrons. The molecule has 2 heterocycles. The maximum Gasteiger partial charge on any atom is 0.233 e. The molecule has 1 amide bonds. The number of hydrogen-bond acceptors (Lipinski definition) is 5. The van der Waals surface area contributed by atoms with Crippen molar-refractivity contribution in [2.45, 2.75) is 56.1 Å². The summed E-state index contributed by atoms with van der Waals surface area (Å²) in [5.41, 5.74) is 5.85. The second-order valence-electron chi connectivity index (χ2n) is 5.88. The van der Waals surface area contributed by atoms with Gasteiger partial charge in [0.25, 0.3) is 0 Å². The first-order chi connectivity index (χ1) is 10.3. The van der Waals surface area contributed by atoms with Crippen LogP contribution in [0.4, 0.5) is 5.95 Å². The van der Waals surface area contributed by atoms with Gasteiger partial charge in [0.05, 0.1) is 5.75 Å². The lowest BCUT2D eigenvalue weighted by Crippen LogP contribution is -2.35. The molecule has 0 bridgehead atoms. The maximum atomic E-state index is 12.4. The Morgan fingerprint density at radius 3 is 2.48 bits per heavy atom. The minimum absolute atomic E-state index is 0.214. The molecule has 1 saturated heterocycles. The maximum absolute atomic E-state index is 12.4. The molecule has 0 unspecified atom stereocenters. The summed E-state index contributed by atoms with van der Waals surface area (Å²) in [6.07, 6.45) is 8.31. The number of nitrogen functional groups attached to an aromatic ring is 1. The van der Waals surface area contributed by atoms with Crippen molar-refractivity contribution >= 4 is 23.6 Å². The van der Waals surface area contributed by atoms with Crippen molar-refractivity contribution in [1.29, 1.82) is 0 Å². The number of likely N-dealkylation sites (tertiary alicyclic amines) is 1. The van der Waals surface area contributed by atoms with Crippen LogP contribution < -0.4 is 5.73 Å². The van der Waals surface area contributed by atoms with E-state index in [0.717, 1.165) is 43.9 Å². The van der Waals surface area contributed by atoms with Crippen molar-refractivity contribution in [2.75, 3.05) is 24.6 Å². The predicted molar refractivity (Wildman–Crippen MR) is 83.1 cm³/mol. The van der Waals surface area contributed by atoms with Crippen LogP contribution in [-0.4, -0.2) is 44.4 Å². The molecule has 2 aliphatic rings. The van der Waals surface area contributed by atoms with Crippen molar-refractivity contribution in [3.63, 3.8) is 0 Å². The number of nitrogens with zero attached hydrogens (tertiary/aromatic N) is 4. The second-order valence-corrected chi connectivity index (χ2v) is 6.82. The molecule has 0 spiro atoms. The van der Waals surface area contributed by atoms with Crippen LogP contribution in [0.25, 0.3) is 0 Å². The lowest BCUT2D eigenvalue weighted by molar-refractivity contribution is -0.128. The number of carbonyl (C=O) groups is 1. The van der Waals surface area contributed by atoms with Crippen LogP contribution in [0.15, 0.2) is 5.16 Å². The van der Waals surface area contributed by atoms with Gasteiger partial charge in [-0.2, -0.15) is 0 Å². The normalized spacial score (nSPS) is 20.1. The van der Waals surface area contributed by atoms with E-state index < -0.39 is 0 Å². The fourth-order valence-corrected chi connectivity index (χ4v) is 3.69. The van der Waals surface area contributed by atoms with E-state index in [0.29, 0.717) is 17.7 Å². The van der Waals surface area contributed by atoms with E-state index in [2.05, 4.69) is 10.2 Å². The average molecular weight is 309 g/mol. The quantitative estimate of drug-likeness (QED) is 0.862. The van der Waals surface area contributed by atoms with E-state index in [1.165, 1.54) is 31.0 Å². The molecule has 21 heavy (non-hydrogen) atoms. The summed E-state index contributed by atoms with van der Waals surface area (Å²) in [5.74, 6) is 1.12. The predicted octanol–water partition coefficient (Wildman–Crippen LogP) is 2.08. The van der Waals surface area contributed by atoms with Gasteiger partial charge in [0, 0.05) is 19.1 Å². The summed E-state index contributed by atoms with van der Waals surface area (Å²) < 4.78 is 1.98. The summed E-state index contributed by atoms with van der Waals surface area (Å²) in [6, 6.07) is 0.444. The smallest absolute Gasteiger partial charge is 0.233 e. The highest BCUT2D eigenvalue weighted by Crippen LogP contribution is 2.39. The third-order valence-corrected chi connectivity index (χ3v) is 5.06. The molecule has 2 N–H and O–H groups in total. The molecular formula is C14H23N5OS. The Bertz CT molecular complexity index is 492. The highest BCUT2D eigenvalue weighted by atomic mass is 32.2. The highest BCUT2D eigenvalue weighted by Gasteiger charge is 2.29. The fraction of sp³-hybridized carbons (Fsp3) is 0.786. The Morgan fingerprint density at radius 2 is 1.81 bits per heavy atom. The number of amides is 1. The van der Waals surface area contributed by atoms with E-state index in [-0.39, 0.29) is 5.91 Å². The van der Waals surface area contributed by atoms with Crippen molar-refractivity contribution < 1.29 is 4.79 Å². The van der Waals surface area contributed by atoms with Crippen LogP contribution >= 0.6 is 11.8 Å². The number of rotatable bonds is 4. The average Bonchev–Trinajstić information content (AvgIpc) is 3.20. The van der Waals surface area contributed by atoms with Crippen molar-refractivity contribution in [3.05, 3.63) is 0 Å². The summed E-state index contributed by atoms with van der Waals surface area (Å²) in [4.78, 5) is 14.4. The van der Waals surface area contributed by atoms with Crippen LogP contribution in [0.2, 0.25) is 0 Å². The summed E-state index contributed by atoms with van der Waals surface area (Å²) in [5, 5.41) is 8.84. The molecule has 2 fully saturated rings. The van der Waals surface area contributed by atoms with Gasteiger partial charge in [-0.15, -0.1) is 10.2 Å². The Balaban J connectivity index is 1.55. The lowest BCUT2D eigenvalue weighted by atomic mass is 10.1. The first-order valence-corrected chi connectivity index (χ1v) is 8.85. The summed E-state index contributed by atoms with van der Waals surface area (Å²) in [6.45, 7) is 1.80. The minimum atomic E-state index is 0.214. The van der Waals surface area contributed by atoms with Gasteiger partial charge in [-0.05, 0) is 25.7 Å². The van der Waals surface area contributed by atoms with Crippen LogP contribution in [-0.2, 0) is 4.79 Å². The Labute approximate surface area is 129 Å². The first-order valence-electron chi connectivity index (χ1n) is 7.86. The number of carbonyl (C=O) groups excluding carboxylic acids is 1. The molecule has 1 aromatic rings. The standard InChI is InChI=1S/C14H23N5OS/c15-13-16-17-14(19(13)11-6-7-11)21-10-12(20)18-8-4-2-1-3-5-9-18/h11H,1-10H2,(H2,15,16). The number of hydrogen-bond donors (Lipinski definition) is 1.